The van der Waals surface area contributed by atoms with Crippen molar-refractivity contribution in [2.75, 3.05) is 14.2 Å². The summed E-state index contributed by atoms with van der Waals surface area (Å²) in [7, 11) is 3.32. The molecule has 0 aliphatic rings. The number of hydrogen-bond donors (Lipinski definition) is 1. The number of benzene rings is 2. The molecule has 3 aromatic rings. The number of amides is 2. The Balaban J connectivity index is 1.71. The van der Waals surface area contributed by atoms with Gasteiger partial charge in [-0.2, -0.15) is 0 Å². The van der Waals surface area contributed by atoms with Crippen LogP contribution in [0.5, 0.6) is 5.75 Å². The van der Waals surface area contributed by atoms with E-state index >= 15 is 0 Å². The van der Waals surface area contributed by atoms with Gasteiger partial charge in [0.05, 0.1) is 13.2 Å². The third-order valence-electron chi connectivity index (χ3n) is 4.59. The largest absolute Gasteiger partial charge is 0.497 e. The van der Waals surface area contributed by atoms with Gasteiger partial charge in [-0.1, -0.05) is 12.1 Å². The van der Waals surface area contributed by atoms with Gasteiger partial charge in [0, 0.05) is 24.5 Å². The Morgan fingerprint density at radius 3 is 2.63 bits per heavy atom. The van der Waals surface area contributed by atoms with Crippen LogP contribution in [0, 0.1) is 12.7 Å². The number of methoxy groups -OCH3 is 1. The summed E-state index contributed by atoms with van der Waals surface area (Å²) in [6.45, 7) is 4.23. The molecule has 2 amide bonds. The summed E-state index contributed by atoms with van der Waals surface area (Å²) in [5, 5.41) is 3.91. The molecule has 0 spiro atoms. The average molecular weight is 370 g/mol. The van der Waals surface area contributed by atoms with Crippen molar-refractivity contribution < 1.29 is 18.3 Å². The van der Waals surface area contributed by atoms with E-state index < -0.39 is 0 Å². The summed E-state index contributed by atoms with van der Waals surface area (Å²) in [6.07, 6.45) is 0. The Morgan fingerprint density at radius 2 is 1.96 bits per heavy atom. The minimum Gasteiger partial charge on any atom is -0.497 e. The molecule has 0 fully saturated rings. The summed E-state index contributed by atoms with van der Waals surface area (Å²) in [5.41, 5.74) is 2.58. The Kier molecular flexibility index (Phi) is 5.35. The molecule has 0 aliphatic heterocycles. The van der Waals surface area contributed by atoms with E-state index in [1.807, 2.05) is 32.0 Å². The third kappa shape index (κ3) is 4.05. The highest BCUT2D eigenvalue weighted by molar-refractivity contribution is 5.84. The number of aryl methyl sites for hydroxylation is 1. The van der Waals surface area contributed by atoms with E-state index in [9.17, 15) is 9.18 Å². The number of rotatable bonds is 5. The van der Waals surface area contributed by atoms with Gasteiger partial charge in [-0.25, -0.2) is 9.18 Å². The van der Waals surface area contributed by atoms with E-state index in [1.165, 1.54) is 12.1 Å². The lowest BCUT2D eigenvalue weighted by Gasteiger charge is -2.21. The molecule has 1 unspecified atom stereocenters. The van der Waals surface area contributed by atoms with Gasteiger partial charge < -0.3 is 19.4 Å². The van der Waals surface area contributed by atoms with Gasteiger partial charge >= 0.3 is 6.03 Å². The first-order valence-corrected chi connectivity index (χ1v) is 8.72. The first-order valence-electron chi connectivity index (χ1n) is 8.72. The number of furan rings is 1. The van der Waals surface area contributed by atoms with E-state index in [-0.39, 0.29) is 17.9 Å². The monoisotopic (exact) mass is 370 g/mol. The van der Waals surface area contributed by atoms with Gasteiger partial charge in [0.15, 0.2) is 0 Å². The second-order valence-electron chi connectivity index (χ2n) is 6.61. The quantitative estimate of drug-likeness (QED) is 0.702. The number of fused-ring (bicyclic) bond motifs is 1. The highest BCUT2D eigenvalue weighted by Gasteiger charge is 2.20. The Hall–Kier alpha value is -3.02. The summed E-state index contributed by atoms with van der Waals surface area (Å²) in [5.74, 6) is 1.17. The van der Waals surface area contributed by atoms with Crippen molar-refractivity contribution in [3.63, 3.8) is 0 Å². The van der Waals surface area contributed by atoms with Crippen LogP contribution >= 0.6 is 0 Å². The Bertz CT molecular complexity index is 950. The number of carbonyl (C=O) groups excluding carboxylic acids is 1. The molecule has 1 atom stereocenters. The molecule has 1 N–H and O–H groups in total. The predicted octanol–water partition coefficient (Wildman–Crippen LogP) is 4.79. The molecule has 1 aromatic heterocycles. The third-order valence-corrected chi connectivity index (χ3v) is 4.59. The number of halogens is 1. The molecule has 0 aliphatic carbocycles. The van der Waals surface area contributed by atoms with Crippen LogP contribution < -0.4 is 10.1 Å². The minimum absolute atomic E-state index is 0.232. The van der Waals surface area contributed by atoms with Gasteiger partial charge in [-0.05, 0) is 49.7 Å². The molecule has 0 saturated heterocycles. The van der Waals surface area contributed by atoms with Crippen molar-refractivity contribution in [2.45, 2.75) is 26.4 Å². The van der Waals surface area contributed by atoms with E-state index in [4.69, 9.17) is 9.15 Å². The molecular weight excluding hydrogens is 347 g/mol. The lowest BCUT2D eigenvalue weighted by atomic mass is 10.1. The normalized spacial score (nSPS) is 12.0. The van der Waals surface area contributed by atoms with E-state index in [2.05, 4.69) is 5.32 Å². The fourth-order valence-corrected chi connectivity index (χ4v) is 3.06. The topological polar surface area (TPSA) is 54.7 Å². The van der Waals surface area contributed by atoms with Crippen LogP contribution in [0.4, 0.5) is 9.18 Å². The van der Waals surface area contributed by atoms with Crippen LogP contribution in [0.3, 0.4) is 0 Å². The minimum atomic E-state index is -0.299. The molecule has 0 saturated carbocycles. The first kappa shape index (κ1) is 18.8. The van der Waals surface area contributed by atoms with E-state index in [0.717, 1.165) is 27.8 Å². The number of carbonyl (C=O) groups is 1. The highest BCUT2D eigenvalue weighted by Crippen LogP contribution is 2.31. The van der Waals surface area contributed by atoms with Gasteiger partial charge in [-0.15, -0.1) is 0 Å². The van der Waals surface area contributed by atoms with Crippen LogP contribution in [0.1, 0.15) is 29.9 Å². The van der Waals surface area contributed by atoms with Crippen LogP contribution in [-0.4, -0.2) is 25.1 Å². The number of ether oxygens (including phenoxy) is 1. The maximum atomic E-state index is 13.0. The summed E-state index contributed by atoms with van der Waals surface area (Å²) in [4.78, 5) is 14.1. The summed E-state index contributed by atoms with van der Waals surface area (Å²) in [6, 6.07) is 11.2. The predicted molar refractivity (Wildman–Crippen MR) is 102 cm³/mol. The zero-order chi connectivity index (χ0) is 19.6. The van der Waals surface area contributed by atoms with Crippen molar-refractivity contribution >= 4 is 17.0 Å². The second kappa shape index (κ2) is 7.70. The zero-order valence-electron chi connectivity index (χ0n) is 15.9. The van der Waals surface area contributed by atoms with Crippen LogP contribution in [0.2, 0.25) is 0 Å². The highest BCUT2D eigenvalue weighted by atomic mass is 19.1. The average Bonchev–Trinajstić information content (AvgIpc) is 2.99. The Labute approximate surface area is 157 Å². The van der Waals surface area contributed by atoms with Crippen LogP contribution in [-0.2, 0) is 6.54 Å². The van der Waals surface area contributed by atoms with E-state index in [0.29, 0.717) is 12.3 Å². The smallest absolute Gasteiger partial charge is 0.318 e. The number of urea groups is 1. The molecule has 27 heavy (non-hydrogen) atoms. The second-order valence-corrected chi connectivity index (χ2v) is 6.61. The molecule has 142 valence electrons. The van der Waals surface area contributed by atoms with Crippen molar-refractivity contribution in [1.82, 2.24) is 10.2 Å². The molecular formula is C21H23FN2O3. The first-order chi connectivity index (χ1) is 12.9. The van der Waals surface area contributed by atoms with Gasteiger partial charge in [0.25, 0.3) is 0 Å². The lowest BCUT2D eigenvalue weighted by Crippen LogP contribution is -2.38. The van der Waals surface area contributed by atoms with Crippen molar-refractivity contribution in [3.8, 4) is 5.75 Å². The molecule has 1 heterocycles. The van der Waals surface area contributed by atoms with Crippen LogP contribution in [0.15, 0.2) is 46.9 Å². The lowest BCUT2D eigenvalue weighted by molar-refractivity contribution is 0.202. The molecule has 0 bridgehead atoms. The van der Waals surface area contributed by atoms with Crippen molar-refractivity contribution in [1.29, 1.82) is 0 Å². The molecule has 6 heteroatoms. The Morgan fingerprint density at radius 1 is 1.26 bits per heavy atom. The summed E-state index contributed by atoms with van der Waals surface area (Å²) < 4.78 is 24.2. The van der Waals surface area contributed by atoms with Gasteiger partial charge in [0.1, 0.15) is 22.9 Å². The van der Waals surface area contributed by atoms with Crippen molar-refractivity contribution in [3.05, 3.63) is 65.2 Å². The van der Waals surface area contributed by atoms with Gasteiger partial charge in [-0.3, -0.25) is 0 Å². The van der Waals surface area contributed by atoms with E-state index in [1.54, 1.807) is 31.2 Å². The molecule has 0 radical (unpaired) electrons. The van der Waals surface area contributed by atoms with Crippen LogP contribution in [0.25, 0.3) is 11.0 Å². The number of nitrogens with zero attached hydrogens (tertiary/aromatic N) is 1. The number of nitrogens with one attached hydrogen (secondary N) is 1. The zero-order valence-corrected chi connectivity index (χ0v) is 15.9. The van der Waals surface area contributed by atoms with Crippen molar-refractivity contribution in [2.24, 2.45) is 0 Å². The maximum absolute atomic E-state index is 13.0. The molecule has 5 nitrogen and oxygen atoms in total. The summed E-state index contributed by atoms with van der Waals surface area (Å²) >= 11 is 0. The van der Waals surface area contributed by atoms with Gasteiger partial charge in [0.2, 0.25) is 0 Å². The molecule has 2 aromatic carbocycles. The maximum Gasteiger partial charge on any atom is 0.318 e. The SMILES string of the molecule is COc1ccc2oc(C(C)NC(=O)N(C)Cc3ccc(F)cc3)c(C)c2c1. The molecule has 3 rings (SSSR count). The fourth-order valence-electron chi connectivity index (χ4n) is 3.06. The standard InChI is InChI=1S/C21H23FN2O3/c1-13-18-11-17(26-4)9-10-19(18)27-20(13)14(2)23-21(25)24(3)12-15-5-7-16(22)8-6-15/h5-11,14H,12H2,1-4H3,(H,23,25). The fraction of sp³-hybridized carbons (Fsp3) is 0.286. The number of hydrogen-bond acceptors (Lipinski definition) is 3.